The smallest absolute Gasteiger partial charge is 0.249 e. The number of hydrogen-bond donors (Lipinski definition) is 1. The van der Waals surface area contributed by atoms with E-state index in [4.69, 9.17) is 10.3 Å². The van der Waals surface area contributed by atoms with E-state index < -0.39 is 5.91 Å². The molecule has 1 amide bonds. The molecule has 0 aliphatic heterocycles. The molecular weight excluding hydrogens is 292 g/mol. The van der Waals surface area contributed by atoms with Crippen LogP contribution in [-0.4, -0.2) is 23.1 Å². The van der Waals surface area contributed by atoms with Crippen molar-refractivity contribution < 1.29 is 9.32 Å². The summed E-state index contributed by atoms with van der Waals surface area (Å²) in [6.07, 6.45) is 0.827. The molecule has 0 atom stereocenters. The van der Waals surface area contributed by atoms with Gasteiger partial charge in [0.2, 0.25) is 5.91 Å². The Kier molecular flexibility index (Phi) is 3.97. The van der Waals surface area contributed by atoms with Gasteiger partial charge in [-0.05, 0) is 18.6 Å². The highest BCUT2D eigenvalue weighted by Crippen LogP contribution is 2.23. The van der Waals surface area contributed by atoms with Crippen molar-refractivity contribution in [1.29, 1.82) is 0 Å². The molecule has 2 N–H and O–H groups in total. The minimum Gasteiger partial charge on any atom is -0.366 e. The summed E-state index contributed by atoms with van der Waals surface area (Å²) < 4.78 is 5.30. The zero-order valence-electron chi connectivity index (χ0n) is 13.1. The summed E-state index contributed by atoms with van der Waals surface area (Å²) in [4.78, 5) is 18.2. The van der Waals surface area contributed by atoms with Gasteiger partial charge in [-0.3, -0.25) is 4.79 Å². The topological polar surface area (TPSA) is 85.2 Å². The lowest BCUT2D eigenvalue weighted by molar-refractivity contribution is 0.100. The Morgan fingerprint density at radius 2 is 2.09 bits per heavy atom. The molecule has 2 aromatic heterocycles. The van der Waals surface area contributed by atoms with Crippen molar-refractivity contribution in [3.05, 3.63) is 53.4 Å². The first-order valence-corrected chi connectivity index (χ1v) is 7.43. The highest BCUT2D eigenvalue weighted by atomic mass is 16.5. The third-order valence-corrected chi connectivity index (χ3v) is 3.72. The van der Waals surface area contributed by atoms with Gasteiger partial charge in [0, 0.05) is 18.5 Å². The van der Waals surface area contributed by atoms with Gasteiger partial charge in [-0.2, -0.15) is 0 Å². The number of carbonyl (C=O) groups excluding carboxylic acids is 1. The van der Waals surface area contributed by atoms with Crippen LogP contribution in [0.15, 0.2) is 40.9 Å². The van der Waals surface area contributed by atoms with Gasteiger partial charge in [-0.15, -0.1) is 0 Å². The molecule has 0 aliphatic carbocycles. The minimum absolute atomic E-state index is 0.462. The lowest BCUT2D eigenvalue weighted by Crippen LogP contribution is -2.19. The zero-order chi connectivity index (χ0) is 16.4. The third kappa shape index (κ3) is 3.01. The van der Waals surface area contributed by atoms with Crippen molar-refractivity contribution in [2.75, 3.05) is 11.9 Å². The van der Waals surface area contributed by atoms with Crippen LogP contribution in [0.1, 0.15) is 28.7 Å². The van der Waals surface area contributed by atoms with Crippen molar-refractivity contribution in [2.45, 2.75) is 19.9 Å². The first kappa shape index (κ1) is 15.0. The molecule has 0 spiro atoms. The summed E-state index contributed by atoms with van der Waals surface area (Å²) in [5, 5.41) is 4.74. The highest BCUT2D eigenvalue weighted by molar-refractivity contribution is 6.06. The second kappa shape index (κ2) is 6.08. The Balaban J connectivity index is 1.96. The average Bonchev–Trinajstić information content (AvgIpc) is 3.01. The first-order chi connectivity index (χ1) is 11.1. The monoisotopic (exact) mass is 310 g/mol. The van der Waals surface area contributed by atoms with E-state index in [2.05, 4.69) is 10.1 Å². The molecule has 23 heavy (non-hydrogen) atoms. The third-order valence-electron chi connectivity index (χ3n) is 3.72. The van der Waals surface area contributed by atoms with Gasteiger partial charge in [0.05, 0.1) is 23.3 Å². The fourth-order valence-corrected chi connectivity index (χ4v) is 2.47. The van der Waals surface area contributed by atoms with Gasteiger partial charge >= 0.3 is 0 Å². The number of hydrogen-bond acceptors (Lipinski definition) is 5. The van der Waals surface area contributed by atoms with E-state index >= 15 is 0 Å². The molecule has 0 saturated carbocycles. The zero-order valence-corrected chi connectivity index (χ0v) is 13.1. The maximum atomic E-state index is 11.7. The van der Waals surface area contributed by atoms with E-state index in [0.717, 1.165) is 28.8 Å². The van der Waals surface area contributed by atoms with Gasteiger partial charge in [0.25, 0.3) is 0 Å². The molecule has 0 radical (unpaired) electrons. The van der Waals surface area contributed by atoms with E-state index in [1.165, 1.54) is 0 Å². The number of fused-ring (bicyclic) bond motifs is 1. The summed E-state index contributed by atoms with van der Waals surface area (Å²) in [6, 6.07) is 11.1. The Morgan fingerprint density at radius 1 is 1.30 bits per heavy atom. The predicted molar refractivity (Wildman–Crippen MR) is 88.2 cm³/mol. The van der Waals surface area contributed by atoms with E-state index in [1.807, 2.05) is 49.2 Å². The Labute approximate surface area is 133 Å². The van der Waals surface area contributed by atoms with E-state index in [0.29, 0.717) is 17.9 Å². The van der Waals surface area contributed by atoms with Crippen molar-refractivity contribution >= 4 is 22.6 Å². The van der Waals surface area contributed by atoms with E-state index in [1.54, 1.807) is 6.07 Å². The van der Waals surface area contributed by atoms with Gasteiger partial charge in [-0.25, -0.2) is 4.98 Å². The number of pyridine rings is 1. The van der Waals surface area contributed by atoms with Crippen LogP contribution in [0, 0.1) is 0 Å². The van der Waals surface area contributed by atoms with Crippen molar-refractivity contribution in [2.24, 2.45) is 5.73 Å². The largest absolute Gasteiger partial charge is 0.366 e. The summed E-state index contributed by atoms with van der Waals surface area (Å²) in [7, 11) is 1.88. The number of amides is 1. The van der Waals surface area contributed by atoms with Crippen LogP contribution in [-0.2, 0) is 13.0 Å². The van der Waals surface area contributed by atoms with Gasteiger partial charge < -0.3 is 15.2 Å². The average molecular weight is 310 g/mol. The number of para-hydroxylation sites is 1. The number of rotatable bonds is 5. The van der Waals surface area contributed by atoms with Crippen molar-refractivity contribution in [3.8, 4) is 0 Å². The summed E-state index contributed by atoms with van der Waals surface area (Å²) >= 11 is 0. The van der Waals surface area contributed by atoms with Crippen LogP contribution >= 0.6 is 0 Å². The fraction of sp³-hybridized carbons (Fsp3) is 0.235. The number of aryl methyl sites for hydroxylation is 1. The molecule has 3 rings (SSSR count). The number of primary amides is 1. The molecule has 0 bridgehead atoms. The Bertz CT molecular complexity index is 857. The van der Waals surface area contributed by atoms with Crippen LogP contribution in [0.4, 0.5) is 5.82 Å². The summed E-state index contributed by atoms with van der Waals surface area (Å²) in [5.41, 5.74) is 7.62. The lowest BCUT2D eigenvalue weighted by atomic mass is 10.1. The predicted octanol–water partition coefficient (Wildman–Crippen LogP) is 2.52. The molecule has 0 fully saturated rings. The number of anilines is 1. The minimum atomic E-state index is -0.466. The van der Waals surface area contributed by atoms with Crippen LogP contribution in [0.3, 0.4) is 0 Å². The molecule has 3 aromatic rings. The van der Waals surface area contributed by atoms with Gasteiger partial charge in [0.1, 0.15) is 5.82 Å². The Morgan fingerprint density at radius 3 is 2.78 bits per heavy atom. The maximum absolute atomic E-state index is 11.7. The van der Waals surface area contributed by atoms with Gasteiger partial charge in [-0.1, -0.05) is 30.3 Å². The van der Waals surface area contributed by atoms with E-state index in [9.17, 15) is 4.79 Å². The molecule has 118 valence electrons. The van der Waals surface area contributed by atoms with Crippen LogP contribution < -0.4 is 10.6 Å². The van der Waals surface area contributed by atoms with Crippen LogP contribution in [0.25, 0.3) is 10.9 Å². The number of nitrogens with zero attached hydrogens (tertiary/aromatic N) is 3. The highest BCUT2D eigenvalue weighted by Gasteiger charge is 2.14. The number of carbonyl (C=O) groups is 1. The SMILES string of the molecule is CCc1cc(CN(C)c2cc(C(N)=O)c3ccccc3n2)on1. The maximum Gasteiger partial charge on any atom is 0.249 e. The lowest BCUT2D eigenvalue weighted by Gasteiger charge is -2.18. The number of aromatic nitrogens is 2. The second-order valence-corrected chi connectivity index (χ2v) is 5.40. The fourth-order valence-electron chi connectivity index (χ4n) is 2.47. The molecule has 6 heteroatoms. The van der Waals surface area contributed by atoms with Crippen LogP contribution in [0.5, 0.6) is 0 Å². The van der Waals surface area contributed by atoms with Gasteiger partial charge in [0.15, 0.2) is 5.76 Å². The summed E-state index contributed by atoms with van der Waals surface area (Å²) in [6.45, 7) is 2.53. The molecule has 2 heterocycles. The second-order valence-electron chi connectivity index (χ2n) is 5.40. The molecule has 0 saturated heterocycles. The number of nitrogens with two attached hydrogens (primary N) is 1. The Hall–Kier alpha value is -2.89. The standard InChI is InChI=1S/C17H18N4O2/c1-3-11-8-12(23-20-11)10-21(2)16-9-14(17(18)22)13-6-4-5-7-15(13)19-16/h4-9H,3,10H2,1-2H3,(H2,18,22). The summed E-state index contributed by atoms with van der Waals surface area (Å²) in [5.74, 6) is 0.943. The molecule has 1 aromatic carbocycles. The normalized spacial score (nSPS) is 10.9. The van der Waals surface area contributed by atoms with E-state index in [-0.39, 0.29) is 0 Å². The quantitative estimate of drug-likeness (QED) is 0.782. The van der Waals surface area contributed by atoms with Crippen molar-refractivity contribution in [1.82, 2.24) is 10.1 Å². The molecule has 0 aliphatic rings. The van der Waals surface area contributed by atoms with Crippen molar-refractivity contribution in [3.63, 3.8) is 0 Å². The molecule has 0 unspecified atom stereocenters. The molecular formula is C17H18N4O2. The molecule has 6 nitrogen and oxygen atoms in total. The first-order valence-electron chi connectivity index (χ1n) is 7.43. The number of benzene rings is 1. The van der Waals surface area contributed by atoms with Crippen LogP contribution in [0.2, 0.25) is 0 Å².